The average Bonchev–Trinajstić information content (AvgIpc) is 2.61. The highest BCUT2D eigenvalue weighted by Gasteiger charge is 2.00. The Balaban J connectivity index is 0. The standard InChI is InChI=1S/C15H28O2.C6H10O3/c1-3-4-5-6-7-8-9-10-11-12-13-14(2)15(16)17;1-5(2)6(8)9-4-3-7/h2-13H2,1H3,(H,16,17);7H,1,3-4H2,2H3/p-1. The number of carbonyl (C=O) groups excluding carboxylic acids is 2. The van der Waals surface area contributed by atoms with Crippen LogP contribution in [0.3, 0.4) is 0 Å². The quantitative estimate of drug-likeness (QED) is 0.270. The molecule has 0 atom stereocenters. The molecule has 0 radical (unpaired) electrons. The fourth-order valence-corrected chi connectivity index (χ4v) is 2.19. The first-order chi connectivity index (χ1) is 12.4. The number of aliphatic carboxylic acids is 1. The number of hydrogen-bond donors (Lipinski definition) is 1. The monoisotopic (exact) mass is 369 g/mol. The van der Waals surface area contributed by atoms with Crippen molar-refractivity contribution < 1.29 is 24.5 Å². The van der Waals surface area contributed by atoms with E-state index in [1.807, 2.05) is 0 Å². The number of hydrogen-bond acceptors (Lipinski definition) is 5. The molecule has 0 aromatic heterocycles. The molecule has 5 nitrogen and oxygen atoms in total. The molecule has 0 heterocycles. The van der Waals surface area contributed by atoms with Crippen molar-refractivity contribution in [3.05, 3.63) is 24.3 Å². The number of ether oxygens (including phenoxy) is 1. The Labute approximate surface area is 159 Å². The Morgan fingerprint density at radius 3 is 1.77 bits per heavy atom. The van der Waals surface area contributed by atoms with Crippen LogP contribution in [0.25, 0.3) is 0 Å². The molecule has 0 bridgehead atoms. The van der Waals surface area contributed by atoms with Crippen LogP contribution in [0.15, 0.2) is 24.3 Å². The van der Waals surface area contributed by atoms with Gasteiger partial charge in [0.1, 0.15) is 6.61 Å². The molecule has 0 aliphatic heterocycles. The lowest BCUT2D eigenvalue weighted by molar-refractivity contribution is -0.299. The van der Waals surface area contributed by atoms with Crippen LogP contribution in [-0.2, 0) is 14.3 Å². The van der Waals surface area contributed by atoms with E-state index in [4.69, 9.17) is 5.11 Å². The van der Waals surface area contributed by atoms with Crippen molar-refractivity contribution in [2.45, 2.75) is 84.5 Å². The second-order valence-corrected chi connectivity index (χ2v) is 6.46. The highest BCUT2D eigenvalue weighted by Crippen LogP contribution is 2.12. The Hall–Kier alpha value is -1.62. The molecular formula is C21H37O5-. The van der Waals surface area contributed by atoms with E-state index in [0.717, 1.165) is 12.8 Å². The molecule has 0 unspecified atom stereocenters. The molecule has 5 heteroatoms. The number of aliphatic hydroxyl groups is 1. The molecule has 0 saturated heterocycles. The molecule has 0 aliphatic carbocycles. The lowest BCUT2D eigenvalue weighted by atomic mass is 10.0. The second kappa shape index (κ2) is 19.7. The SMILES string of the molecule is C=C(C)C(=O)OCCO.C=C(CCCCCCCCCCCC)C(=O)[O-]. The zero-order valence-corrected chi connectivity index (χ0v) is 16.7. The summed E-state index contributed by atoms with van der Waals surface area (Å²) in [6.45, 7) is 10.5. The summed E-state index contributed by atoms with van der Waals surface area (Å²) in [5.74, 6) is -1.55. The van der Waals surface area contributed by atoms with Crippen LogP contribution >= 0.6 is 0 Å². The van der Waals surface area contributed by atoms with Crippen LogP contribution in [0, 0.1) is 0 Å². The van der Waals surface area contributed by atoms with Gasteiger partial charge >= 0.3 is 5.97 Å². The summed E-state index contributed by atoms with van der Waals surface area (Å²) in [5.41, 5.74) is 0.591. The second-order valence-electron chi connectivity index (χ2n) is 6.46. The number of unbranched alkanes of at least 4 members (excludes halogenated alkanes) is 9. The van der Waals surface area contributed by atoms with Crippen molar-refractivity contribution in [2.24, 2.45) is 0 Å². The summed E-state index contributed by atoms with van der Waals surface area (Å²) < 4.78 is 4.46. The third-order valence-electron chi connectivity index (χ3n) is 3.79. The number of esters is 1. The molecule has 0 saturated carbocycles. The largest absolute Gasteiger partial charge is 0.545 e. The average molecular weight is 370 g/mol. The maximum Gasteiger partial charge on any atom is 0.333 e. The highest BCUT2D eigenvalue weighted by molar-refractivity contribution is 5.86. The Kier molecular flexibility index (Phi) is 20.2. The van der Waals surface area contributed by atoms with Crippen LogP contribution < -0.4 is 5.11 Å². The van der Waals surface area contributed by atoms with Gasteiger partial charge in [-0.25, -0.2) is 4.79 Å². The van der Waals surface area contributed by atoms with Crippen molar-refractivity contribution in [2.75, 3.05) is 13.2 Å². The first-order valence-corrected chi connectivity index (χ1v) is 9.69. The number of carbonyl (C=O) groups is 2. The molecule has 0 aromatic carbocycles. The first-order valence-electron chi connectivity index (χ1n) is 9.69. The van der Waals surface area contributed by atoms with Gasteiger partial charge in [0, 0.05) is 5.57 Å². The van der Waals surface area contributed by atoms with Gasteiger partial charge in [0.25, 0.3) is 0 Å². The van der Waals surface area contributed by atoms with Crippen molar-refractivity contribution in [3.63, 3.8) is 0 Å². The fraction of sp³-hybridized carbons (Fsp3) is 0.714. The molecule has 0 aromatic rings. The lowest BCUT2D eigenvalue weighted by Crippen LogP contribution is -2.23. The van der Waals surface area contributed by atoms with Gasteiger partial charge in [-0.15, -0.1) is 0 Å². The van der Waals surface area contributed by atoms with E-state index in [9.17, 15) is 14.7 Å². The van der Waals surface area contributed by atoms with Crippen molar-refractivity contribution in [1.82, 2.24) is 0 Å². The normalized spacial score (nSPS) is 9.81. The van der Waals surface area contributed by atoms with E-state index in [1.165, 1.54) is 51.4 Å². The van der Waals surface area contributed by atoms with E-state index in [1.54, 1.807) is 6.92 Å². The van der Waals surface area contributed by atoms with Crippen LogP contribution in [-0.4, -0.2) is 30.3 Å². The topological polar surface area (TPSA) is 86.7 Å². The third kappa shape index (κ3) is 20.4. The van der Waals surface area contributed by atoms with Gasteiger partial charge in [-0.05, 0) is 25.3 Å². The number of aliphatic hydroxyl groups excluding tert-OH is 1. The van der Waals surface area contributed by atoms with Crippen LogP contribution in [0.4, 0.5) is 0 Å². The minimum Gasteiger partial charge on any atom is -0.545 e. The van der Waals surface area contributed by atoms with Crippen LogP contribution in [0.1, 0.15) is 84.5 Å². The lowest BCUT2D eigenvalue weighted by Gasteiger charge is -2.06. The van der Waals surface area contributed by atoms with Gasteiger partial charge in [0.2, 0.25) is 0 Å². The van der Waals surface area contributed by atoms with Gasteiger partial charge < -0.3 is 19.7 Å². The molecule has 0 aliphatic rings. The third-order valence-corrected chi connectivity index (χ3v) is 3.79. The highest BCUT2D eigenvalue weighted by atomic mass is 16.5. The van der Waals surface area contributed by atoms with E-state index in [2.05, 4.69) is 24.8 Å². The summed E-state index contributed by atoms with van der Waals surface area (Å²) in [6.07, 6.45) is 13.2. The summed E-state index contributed by atoms with van der Waals surface area (Å²) in [5, 5.41) is 18.6. The van der Waals surface area contributed by atoms with Gasteiger partial charge in [-0.2, -0.15) is 0 Å². The van der Waals surface area contributed by atoms with Gasteiger partial charge in [0.05, 0.1) is 12.6 Å². The molecule has 0 amide bonds. The summed E-state index contributed by atoms with van der Waals surface area (Å²) >= 11 is 0. The van der Waals surface area contributed by atoms with E-state index < -0.39 is 11.9 Å². The van der Waals surface area contributed by atoms with Gasteiger partial charge in [-0.3, -0.25) is 0 Å². The number of rotatable bonds is 15. The number of carboxylic acids is 1. The molecular weight excluding hydrogens is 332 g/mol. The maximum absolute atomic E-state index is 10.5. The minimum absolute atomic E-state index is 0.0473. The van der Waals surface area contributed by atoms with E-state index >= 15 is 0 Å². The summed E-state index contributed by atoms with van der Waals surface area (Å²) in [7, 11) is 0. The van der Waals surface area contributed by atoms with E-state index in [0.29, 0.717) is 12.0 Å². The van der Waals surface area contributed by atoms with Crippen LogP contribution in [0.5, 0.6) is 0 Å². The molecule has 152 valence electrons. The zero-order chi connectivity index (χ0) is 20.2. The maximum atomic E-state index is 10.5. The Bertz CT molecular complexity index is 401. The minimum atomic E-state index is -1.10. The summed E-state index contributed by atoms with van der Waals surface area (Å²) in [6, 6.07) is 0. The smallest absolute Gasteiger partial charge is 0.333 e. The molecule has 0 rings (SSSR count). The fourth-order valence-electron chi connectivity index (χ4n) is 2.19. The van der Waals surface area contributed by atoms with Crippen molar-refractivity contribution >= 4 is 11.9 Å². The first kappa shape index (κ1) is 26.6. The van der Waals surface area contributed by atoms with E-state index in [-0.39, 0.29) is 18.8 Å². The zero-order valence-electron chi connectivity index (χ0n) is 16.7. The summed E-state index contributed by atoms with van der Waals surface area (Å²) in [4.78, 5) is 20.8. The predicted molar refractivity (Wildman–Crippen MR) is 103 cm³/mol. The predicted octanol–water partition coefficient (Wildman–Crippen LogP) is 3.70. The molecule has 0 spiro atoms. The van der Waals surface area contributed by atoms with Crippen LogP contribution in [0.2, 0.25) is 0 Å². The molecule has 1 N–H and O–H groups in total. The molecule has 0 fully saturated rings. The Morgan fingerprint density at radius 2 is 1.38 bits per heavy atom. The van der Waals surface area contributed by atoms with Gasteiger partial charge in [-0.1, -0.05) is 77.9 Å². The van der Waals surface area contributed by atoms with Gasteiger partial charge in [0.15, 0.2) is 0 Å². The van der Waals surface area contributed by atoms with Crippen molar-refractivity contribution in [3.8, 4) is 0 Å². The molecule has 26 heavy (non-hydrogen) atoms. The van der Waals surface area contributed by atoms with Crippen molar-refractivity contribution in [1.29, 1.82) is 0 Å². The number of carboxylic acid groups (broad SMARTS) is 1. The Morgan fingerprint density at radius 1 is 0.923 bits per heavy atom.